The number of hydrogen-bond acceptors (Lipinski definition) is 6. The third kappa shape index (κ3) is 3.95. The molecule has 5 rings (SSSR count). The minimum absolute atomic E-state index is 0.321. The van der Waals surface area contributed by atoms with E-state index in [1.165, 1.54) is 12.8 Å². The molecule has 0 aliphatic heterocycles. The average molecular weight is 406 g/mol. The number of aliphatic hydroxyl groups is 2. The molecule has 0 amide bonds. The molecular weight excluding hydrogens is 378 g/mol. The van der Waals surface area contributed by atoms with Gasteiger partial charge in [-0.3, -0.25) is 0 Å². The fourth-order valence-electron chi connectivity index (χ4n) is 4.19. The Bertz CT molecular complexity index is 1050. The molecule has 2 aliphatic rings. The van der Waals surface area contributed by atoms with Crippen LogP contribution in [0.5, 0.6) is 0 Å². The van der Waals surface area contributed by atoms with Crippen molar-refractivity contribution in [2.45, 2.75) is 63.1 Å². The van der Waals surface area contributed by atoms with Crippen molar-refractivity contribution in [1.82, 2.24) is 19.5 Å². The molecule has 0 spiro atoms. The summed E-state index contributed by atoms with van der Waals surface area (Å²) in [6.45, 7) is 2.05. The summed E-state index contributed by atoms with van der Waals surface area (Å²) in [6, 6.07) is 8.16. The van der Waals surface area contributed by atoms with Crippen LogP contribution in [0.25, 0.3) is 5.69 Å². The molecule has 2 aliphatic carbocycles. The maximum atomic E-state index is 11.0. The van der Waals surface area contributed by atoms with Crippen molar-refractivity contribution in [3.05, 3.63) is 59.9 Å². The van der Waals surface area contributed by atoms with Crippen LogP contribution in [0.4, 0.5) is 11.6 Å². The second-order valence-electron chi connectivity index (χ2n) is 8.69. The molecule has 2 aromatic heterocycles. The molecule has 7 heteroatoms. The topological polar surface area (TPSA) is 96.1 Å². The van der Waals surface area contributed by atoms with Crippen molar-refractivity contribution in [1.29, 1.82) is 0 Å². The minimum atomic E-state index is -0.966. The van der Waals surface area contributed by atoms with Crippen molar-refractivity contribution in [3.8, 4) is 5.69 Å². The van der Waals surface area contributed by atoms with E-state index in [0.29, 0.717) is 43.2 Å². The van der Waals surface area contributed by atoms with Crippen LogP contribution in [0.3, 0.4) is 0 Å². The lowest BCUT2D eigenvalue weighted by Gasteiger charge is -2.32. The number of aromatic nitrogens is 4. The molecule has 2 fully saturated rings. The first-order valence-corrected chi connectivity index (χ1v) is 10.7. The monoisotopic (exact) mass is 405 g/mol. The van der Waals surface area contributed by atoms with Gasteiger partial charge < -0.3 is 20.1 Å². The molecule has 2 saturated carbocycles. The van der Waals surface area contributed by atoms with Gasteiger partial charge in [-0.15, -0.1) is 0 Å². The summed E-state index contributed by atoms with van der Waals surface area (Å²) >= 11 is 0. The van der Waals surface area contributed by atoms with E-state index in [0.717, 1.165) is 22.6 Å². The molecule has 1 aromatic carbocycles. The standard InChI is InChI=1S/C23H27N5O2/c1-15-10-17(26-22-24-9-6-20(27-22)16-2-3-16)12-18(11-15)28-13-21(25-14-28)23(30)7-4-19(29)5-8-23/h6,9-14,16,19,29-30H,2-5,7-8H2,1H3,(H,24,26,27). The Kier molecular flexibility index (Phi) is 4.79. The van der Waals surface area contributed by atoms with Crippen molar-refractivity contribution in [2.75, 3.05) is 5.32 Å². The molecule has 7 nitrogen and oxygen atoms in total. The number of aryl methyl sites for hydroxylation is 1. The van der Waals surface area contributed by atoms with Crippen LogP contribution in [0.15, 0.2) is 43.0 Å². The second kappa shape index (κ2) is 7.49. The van der Waals surface area contributed by atoms with Crippen LogP contribution in [0.1, 0.15) is 61.4 Å². The largest absolute Gasteiger partial charge is 0.393 e. The molecular formula is C23H27N5O2. The fourth-order valence-corrected chi connectivity index (χ4v) is 4.19. The van der Waals surface area contributed by atoms with Crippen LogP contribution < -0.4 is 5.32 Å². The lowest BCUT2D eigenvalue weighted by molar-refractivity contribution is -0.0389. The molecule has 0 radical (unpaired) electrons. The second-order valence-corrected chi connectivity index (χ2v) is 8.69. The number of nitrogens with one attached hydrogen (secondary N) is 1. The lowest BCUT2D eigenvalue weighted by Crippen LogP contribution is -2.33. The van der Waals surface area contributed by atoms with Crippen LogP contribution in [-0.4, -0.2) is 35.8 Å². The number of anilines is 2. The fraction of sp³-hybridized carbons (Fsp3) is 0.435. The van der Waals surface area contributed by atoms with Gasteiger partial charge in [0, 0.05) is 35.4 Å². The lowest BCUT2D eigenvalue weighted by atomic mass is 9.81. The maximum Gasteiger partial charge on any atom is 0.227 e. The van der Waals surface area contributed by atoms with Crippen LogP contribution in [0.2, 0.25) is 0 Å². The molecule has 3 N–H and O–H groups in total. The Morgan fingerprint density at radius 2 is 1.90 bits per heavy atom. The number of aliphatic hydroxyl groups excluding tert-OH is 1. The number of hydrogen-bond donors (Lipinski definition) is 3. The van der Waals surface area contributed by atoms with Gasteiger partial charge in [-0.1, -0.05) is 0 Å². The quantitative estimate of drug-likeness (QED) is 0.599. The van der Waals surface area contributed by atoms with Gasteiger partial charge in [-0.05, 0) is 75.3 Å². The number of rotatable bonds is 5. The molecule has 2 heterocycles. The third-order valence-electron chi connectivity index (χ3n) is 6.13. The highest BCUT2D eigenvalue weighted by molar-refractivity contribution is 5.59. The molecule has 0 saturated heterocycles. The first-order valence-electron chi connectivity index (χ1n) is 10.7. The van der Waals surface area contributed by atoms with Gasteiger partial charge in [0.05, 0.1) is 18.1 Å². The summed E-state index contributed by atoms with van der Waals surface area (Å²) in [7, 11) is 0. The predicted octanol–water partition coefficient (Wildman–Crippen LogP) is 3.71. The van der Waals surface area contributed by atoms with Crippen molar-refractivity contribution in [3.63, 3.8) is 0 Å². The predicted molar refractivity (Wildman–Crippen MR) is 114 cm³/mol. The zero-order valence-electron chi connectivity index (χ0n) is 17.1. The smallest absolute Gasteiger partial charge is 0.227 e. The van der Waals surface area contributed by atoms with E-state index in [9.17, 15) is 10.2 Å². The average Bonchev–Trinajstić information content (AvgIpc) is 3.46. The Morgan fingerprint density at radius 1 is 1.10 bits per heavy atom. The summed E-state index contributed by atoms with van der Waals surface area (Å²) in [6.07, 6.45) is 9.78. The zero-order chi connectivity index (χ0) is 20.7. The molecule has 0 atom stereocenters. The van der Waals surface area contributed by atoms with E-state index in [2.05, 4.69) is 32.4 Å². The summed E-state index contributed by atoms with van der Waals surface area (Å²) in [5.41, 5.74) is 3.76. The van der Waals surface area contributed by atoms with Gasteiger partial charge >= 0.3 is 0 Å². The van der Waals surface area contributed by atoms with Gasteiger partial charge in [-0.25, -0.2) is 15.0 Å². The van der Waals surface area contributed by atoms with Gasteiger partial charge in [0.25, 0.3) is 0 Å². The Labute approximate surface area is 175 Å². The van der Waals surface area contributed by atoms with Crippen LogP contribution in [-0.2, 0) is 5.60 Å². The summed E-state index contributed by atoms with van der Waals surface area (Å²) in [5, 5.41) is 24.1. The maximum absolute atomic E-state index is 11.0. The van der Waals surface area contributed by atoms with E-state index >= 15 is 0 Å². The highest BCUT2D eigenvalue weighted by Crippen LogP contribution is 2.39. The number of nitrogens with zero attached hydrogens (tertiary/aromatic N) is 4. The summed E-state index contributed by atoms with van der Waals surface area (Å²) in [5.74, 6) is 1.19. The SMILES string of the molecule is Cc1cc(Nc2nccc(C3CC3)n2)cc(-n2cnc(C3(O)CCC(O)CC3)c2)c1. The number of imidazole rings is 1. The first kappa shape index (κ1) is 19.2. The minimum Gasteiger partial charge on any atom is -0.393 e. The van der Waals surface area contributed by atoms with E-state index in [1.807, 2.05) is 36.0 Å². The van der Waals surface area contributed by atoms with Gasteiger partial charge in [-0.2, -0.15) is 0 Å². The van der Waals surface area contributed by atoms with Crippen molar-refractivity contribution in [2.24, 2.45) is 0 Å². The normalized spacial score (nSPS) is 24.0. The molecule has 0 bridgehead atoms. The molecule has 30 heavy (non-hydrogen) atoms. The van der Waals surface area contributed by atoms with Gasteiger partial charge in [0.2, 0.25) is 5.95 Å². The summed E-state index contributed by atoms with van der Waals surface area (Å²) in [4.78, 5) is 13.5. The van der Waals surface area contributed by atoms with E-state index in [4.69, 9.17) is 0 Å². The van der Waals surface area contributed by atoms with Crippen molar-refractivity contribution < 1.29 is 10.2 Å². The Balaban J connectivity index is 1.39. The molecule has 3 aromatic rings. The molecule has 0 unspecified atom stereocenters. The van der Waals surface area contributed by atoms with E-state index < -0.39 is 5.60 Å². The molecule has 156 valence electrons. The highest BCUT2D eigenvalue weighted by Gasteiger charge is 2.36. The van der Waals surface area contributed by atoms with Crippen molar-refractivity contribution >= 4 is 11.6 Å². The summed E-state index contributed by atoms with van der Waals surface area (Å²) < 4.78 is 1.93. The van der Waals surface area contributed by atoms with E-state index in [-0.39, 0.29) is 6.10 Å². The van der Waals surface area contributed by atoms with Crippen LogP contribution in [0, 0.1) is 6.92 Å². The first-order chi connectivity index (χ1) is 14.5. The van der Waals surface area contributed by atoms with Gasteiger partial charge in [0.15, 0.2) is 0 Å². The number of benzene rings is 1. The third-order valence-corrected chi connectivity index (χ3v) is 6.13. The van der Waals surface area contributed by atoms with E-state index in [1.54, 1.807) is 6.33 Å². The highest BCUT2D eigenvalue weighted by atomic mass is 16.3. The van der Waals surface area contributed by atoms with Gasteiger partial charge in [0.1, 0.15) is 5.60 Å². The van der Waals surface area contributed by atoms with Crippen LogP contribution >= 0.6 is 0 Å². The Morgan fingerprint density at radius 3 is 2.67 bits per heavy atom. The Hall–Kier alpha value is -2.77. The zero-order valence-corrected chi connectivity index (χ0v) is 17.1.